The minimum absolute atomic E-state index is 0.144. The first-order chi connectivity index (χ1) is 13.3. The predicted octanol–water partition coefficient (Wildman–Crippen LogP) is 1.83. The SMILES string of the molecule is CCOc1cc([C@@H]2NC(=O)c3c(n[nH]c3C)N2)ccc1O[C@@H](C)C(=O)N(C)C. The van der Waals surface area contributed by atoms with Crippen molar-refractivity contribution in [3.63, 3.8) is 0 Å². The zero-order valence-corrected chi connectivity index (χ0v) is 16.6. The Morgan fingerprint density at radius 3 is 2.71 bits per heavy atom. The zero-order valence-electron chi connectivity index (χ0n) is 16.6. The molecule has 0 fully saturated rings. The quantitative estimate of drug-likeness (QED) is 0.698. The number of aromatic amines is 1. The number of aromatic nitrogens is 2. The van der Waals surface area contributed by atoms with Crippen LogP contribution in [0.4, 0.5) is 5.82 Å². The molecule has 9 heteroatoms. The molecule has 9 nitrogen and oxygen atoms in total. The number of carbonyl (C=O) groups excluding carboxylic acids is 2. The minimum Gasteiger partial charge on any atom is -0.490 e. The van der Waals surface area contributed by atoms with E-state index in [0.29, 0.717) is 35.2 Å². The molecule has 2 atom stereocenters. The lowest BCUT2D eigenvalue weighted by atomic mass is 10.1. The van der Waals surface area contributed by atoms with Crippen molar-refractivity contribution in [2.75, 3.05) is 26.0 Å². The highest BCUT2D eigenvalue weighted by Crippen LogP contribution is 2.33. The monoisotopic (exact) mass is 387 g/mol. The normalized spacial score (nSPS) is 16.5. The number of likely N-dealkylation sites (N-methyl/N-ethyl adjacent to an activating group) is 1. The van der Waals surface area contributed by atoms with Gasteiger partial charge in [-0.25, -0.2) is 0 Å². The van der Waals surface area contributed by atoms with E-state index in [1.54, 1.807) is 40.1 Å². The van der Waals surface area contributed by atoms with Gasteiger partial charge >= 0.3 is 0 Å². The molecule has 0 saturated carbocycles. The number of ether oxygens (including phenoxy) is 2. The van der Waals surface area contributed by atoms with Crippen LogP contribution in [0.15, 0.2) is 18.2 Å². The third-order valence-electron chi connectivity index (χ3n) is 4.42. The second-order valence-electron chi connectivity index (χ2n) is 6.75. The van der Waals surface area contributed by atoms with Crippen molar-refractivity contribution in [3.05, 3.63) is 35.0 Å². The molecule has 0 aliphatic carbocycles. The van der Waals surface area contributed by atoms with E-state index in [9.17, 15) is 9.59 Å². The van der Waals surface area contributed by atoms with Crippen molar-refractivity contribution >= 4 is 17.6 Å². The summed E-state index contributed by atoms with van der Waals surface area (Å²) >= 11 is 0. The Morgan fingerprint density at radius 1 is 1.29 bits per heavy atom. The first kappa shape index (κ1) is 19.5. The number of hydrogen-bond donors (Lipinski definition) is 3. The van der Waals surface area contributed by atoms with Crippen LogP contribution < -0.4 is 20.1 Å². The van der Waals surface area contributed by atoms with Crippen LogP contribution in [0.3, 0.4) is 0 Å². The van der Waals surface area contributed by atoms with Crippen molar-refractivity contribution < 1.29 is 19.1 Å². The molecule has 0 unspecified atom stereocenters. The molecule has 0 saturated heterocycles. The Morgan fingerprint density at radius 2 is 2.04 bits per heavy atom. The van der Waals surface area contributed by atoms with E-state index < -0.39 is 12.3 Å². The molecule has 3 rings (SSSR count). The zero-order chi connectivity index (χ0) is 20.4. The number of aryl methyl sites for hydroxylation is 1. The summed E-state index contributed by atoms with van der Waals surface area (Å²) in [6, 6.07) is 5.33. The van der Waals surface area contributed by atoms with Crippen molar-refractivity contribution in [3.8, 4) is 11.5 Å². The number of nitrogens with one attached hydrogen (secondary N) is 3. The highest BCUT2D eigenvalue weighted by molar-refractivity contribution is 6.01. The average molecular weight is 387 g/mol. The van der Waals surface area contributed by atoms with Crippen LogP contribution in [-0.2, 0) is 4.79 Å². The molecule has 1 aromatic carbocycles. The van der Waals surface area contributed by atoms with E-state index in [4.69, 9.17) is 9.47 Å². The van der Waals surface area contributed by atoms with Crippen LogP contribution in [0.25, 0.3) is 0 Å². The molecular formula is C19H25N5O4. The molecular weight excluding hydrogens is 362 g/mol. The van der Waals surface area contributed by atoms with Crippen molar-refractivity contribution in [1.82, 2.24) is 20.4 Å². The summed E-state index contributed by atoms with van der Waals surface area (Å²) in [6.45, 7) is 5.78. The van der Waals surface area contributed by atoms with E-state index >= 15 is 0 Å². The van der Waals surface area contributed by atoms with E-state index in [-0.39, 0.29) is 11.8 Å². The van der Waals surface area contributed by atoms with Crippen LogP contribution in [0.1, 0.15) is 41.6 Å². The molecule has 150 valence electrons. The van der Waals surface area contributed by atoms with Crippen LogP contribution in [-0.4, -0.2) is 53.7 Å². The lowest BCUT2D eigenvalue weighted by Gasteiger charge is -2.26. The lowest BCUT2D eigenvalue weighted by molar-refractivity contribution is -0.135. The van der Waals surface area contributed by atoms with Crippen molar-refractivity contribution in [1.29, 1.82) is 0 Å². The second kappa shape index (κ2) is 7.79. The largest absolute Gasteiger partial charge is 0.490 e. The summed E-state index contributed by atoms with van der Waals surface area (Å²) in [7, 11) is 3.36. The smallest absolute Gasteiger partial charge is 0.262 e. The van der Waals surface area contributed by atoms with E-state index in [0.717, 1.165) is 5.56 Å². The van der Waals surface area contributed by atoms with Gasteiger partial charge in [-0.3, -0.25) is 14.7 Å². The van der Waals surface area contributed by atoms with Gasteiger partial charge in [-0.15, -0.1) is 0 Å². The Hall–Kier alpha value is -3.23. The summed E-state index contributed by atoms with van der Waals surface area (Å²) in [5.41, 5.74) is 2.00. The maximum absolute atomic E-state index is 12.4. The number of hydrogen-bond acceptors (Lipinski definition) is 6. The first-order valence-corrected chi connectivity index (χ1v) is 9.08. The third kappa shape index (κ3) is 3.73. The molecule has 0 radical (unpaired) electrons. The number of anilines is 1. The Balaban J connectivity index is 1.85. The molecule has 2 heterocycles. The van der Waals surface area contributed by atoms with Gasteiger partial charge in [0.25, 0.3) is 11.8 Å². The molecule has 1 aromatic heterocycles. The summed E-state index contributed by atoms with van der Waals surface area (Å²) in [6.07, 6.45) is -1.11. The first-order valence-electron chi connectivity index (χ1n) is 9.08. The molecule has 2 amide bonds. The summed E-state index contributed by atoms with van der Waals surface area (Å²) in [5, 5.41) is 13.1. The fraction of sp³-hybridized carbons (Fsp3) is 0.421. The molecule has 1 aliphatic heterocycles. The Labute approximate surface area is 163 Å². The Kier molecular flexibility index (Phi) is 5.43. The molecule has 1 aliphatic rings. The molecule has 2 aromatic rings. The number of fused-ring (bicyclic) bond motifs is 1. The number of nitrogens with zero attached hydrogens (tertiary/aromatic N) is 2. The molecule has 0 bridgehead atoms. The summed E-state index contributed by atoms with van der Waals surface area (Å²) in [4.78, 5) is 26.0. The van der Waals surface area contributed by atoms with Gasteiger partial charge in [-0.05, 0) is 38.5 Å². The van der Waals surface area contributed by atoms with Gasteiger partial charge in [0.05, 0.1) is 6.61 Å². The number of H-pyrrole nitrogens is 1. The maximum Gasteiger partial charge on any atom is 0.262 e. The van der Waals surface area contributed by atoms with Crippen LogP contribution in [0.5, 0.6) is 11.5 Å². The van der Waals surface area contributed by atoms with Crippen molar-refractivity contribution in [2.45, 2.75) is 33.0 Å². The van der Waals surface area contributed by atoms with Crippen molar-refractivity contribution in [2.24, 2.45) is 0 Å². The van der Waals surface area contributed by atoms with Gasteiger partial charge < -0.3 is 25.0 Å². The number of rotatable bonds is 6. The fourth-order valence-corrected chi connectivity index (χ4v) is 3.03. The number of benzene rings is 1. The summed E-state index contributed by atoms with van der Waals surface area (Å²) in [5.74, 6) is 1.13. The lowest BCUT2D eigenvalue weighted by Crippen LogP contribution is -2.38. The van der Waals surface area contributed by atoms with E-state index in [1.165, 1.54) is 4.90 Å². The van der Waals surface area contributed by atoms with Gasteiger partial charge in [-0.2, -0.15) is 5.10 Å². The molecule has 28 heavy (non-hydrogen) atoms. The van der Waals surface area contributed by atoms with E-state index in [2.05, 4.69) is 20.8 Å². The number of carbonyl (C=O) groups is 2. The van der Waals surface area contributed by atoms with Crippen LogP contribution in [0, 0.1) is 6.92 Å². The van der Waals surface area contributed by atoms with E-state index in [1.807, 2.05) is 13.0 Å². The summed E-state index contributed by atoms with van der Waals surface area (Å²) < 4.78 is 11.5. The van der Waals surface area contributed by atoms with Gasteiger partial charge in [-0.1, -0.05) is 6.07 Å². The predicted molar refractivity (Wildman–Crippen MR) is 104 cm³/mol. The topological polar surface area (TPSA) is 109 Å². The van der Waals surface area contributed by atoms with Gasteiger partial charge in [0.2, 0.25) is 0 Å². The van der Waals surface area contributed by atoms with Crippen LogP contribution in [0.2, 0.25) is 0 Å². The molecule has 0 spiro atoms. The highest BCUT2D eigenvalue weighted by Gasteiger charge is 2.29. The van der Waals surface area contributed by atoms with Crippen LogP contribution >= 0.6 is 0 Å². The van der Waals surface area contributed by atoms with Gasteiger partial charge in [0.1, 0.15) is 11.7 Å². The molecule has 3 N–H and O–H groups in total. The second-order valence-corrected chi connectivity index (χ2v) is 6.75. The standard InChI is InChI=1S/C19H25N5O4/c1-6-27-14-9-12(7-8-13(14)28-11(3)19(26)24(4)5)16-20-17-15(18(25)21-16)10(2)22-23-17/h7-9,11,16H,6H2,1-5H3,(H,21,25)(H2,20,22,23)/t11-,16-/m0/s1. The third-order valence-corrected chi connectivity index (χ3v) is 4.42. The van der Waals surface area contributed by atoms with Gasteiger partial charge in [0, 0.05) is 19.8 Å². The average Bonchev–Trinajstić information content (AvgIpc) is 3.03. The van der Waals surface area contributed by atoms with Gasteiger partial charge in [0.15, 0.2) is 23.4 Å². The maximum atomic E-state index is 12.4. The Bertz CT molecular complexity index is 892. The highest BCUT2D eigenvalue weighted by atomic mass is 16.5. The fourth-order valence-electron chi connectivity index (χ4n) is 3.03. The minimum atomic E-state index is -0.651. The number of amides is 2.